The third-order valence-electron chi connectivity index (χ3n) is 3.99. The van der Waals surface area contributed by atoms with Crippen molar-refractivity contribution >= 4 is 10.0 Å². The van der Waals surface area contributed by atoms with E-state index in [2.05, 4.69) is 19.9 Å². The maximum atomic E-state index is 12.5. The lowest BCUT2D eigenvalue weighted by Gasteiger charge is -2.14. The molecule has 2 heterocycles. The molecule has 0 bridgehead atoms. The fourth-order valence-electron chi connectivity index (χ4n) is 2.77. The van der Waals surface area contributed by atoms with Crippen molar-refractivity contribution < 1.29 is 13.2 Å². The second-order valence-corrected chi connectivity index (χ2v) is 7.24. The van der Waals surface area contributed by atoms with Crippen LogP contribution in [0.4, 0.5) is 0 Å². The van der Waals surface area contributed by atoms with Gasteiger partial charge in [0, 0.05) is 6.54 Å². The van der Waals surface area contributed by atoms with E-state index in [1.807, 2.05) is 19.1 Å². The van der Waals surface area contributed by atoms with Crippen LogP contribution in [-0.4, -0.2) is 36.2 Å². The number of benzene rings is 1. The Bertz CT molecular complexity index is 746. The molecule has 1 saturated heterocycles. The number of hydrogen-bond acceptors (Lipinski definition) is 5. The molecule has 2 aromatic rings. The number of aromatic nitrogens is 3. The maximum Gasteiger partial charge on any atom is 0.240 e. The highest BCUT2D eigenvalue weighted by molar-refractivity contribution is 7.89. The van der Waals surface area contributed by atoms with Gasteiger partial charge in [0.25, 0.3) is 0 Å². The molecule has 23 heavy (non-hydrogen) atoms. The van der Waals surface area contributed by atoms with Gasteiger partial charge in [-0.25, -0.2) is 18.1 Å². The first kappa shape index (κ1) is 16.1. The van der Waals surface area contributed by atoms with E-state index < -0.39 is 10.0 Å². The molecule has 1 fully saturated rings. The van der Waals surface area contributed by atoms with E-state index in [-0.39, 0.29) is 18.8 Å². The number of rotatable bonds is 6. The molecular formula is C15H20N4O3S. The highest BCUT2D eigenvalue weighted by Crippen LogP contribution is 2.30. The van der Waals surface area contributed by atoms with Gasteiger partial charge in [-0.05, 0) is 30.9 Å². The Labute approximate surface area is 135 Å². The van der Waals surface area contributed by atoms with E-state index >= 15 is 0 Å². The Morgan fingerprint density at radius 2 is 2.17 bits per heavy atom. The Hall–Kier alpha value is -1.77. The molecule has 8 heteroatoms. The van der Waals surface area contributed by atoms with Crippen molar-refractivity contribution in [2.24, 2.45) is 0 Å². The van der Waals surface area contributed by atoms with E-state index in [9.17, 15) is 8.42 Å². The molecule has 0 saturated carbocycles. The Balaban J connectivity index is 1.62. The first-order valence-corrected chi connectivity index (χ1v) is 9.16. The van der Waals surface area contributed by atoms with E-state index in [0.29, 0.717) is 17.1 Å². The average molecular weight is 336 g/mol. The normalized spacial score (nSPS) is 21.6. The van der Waals surface area contributed by atoms with Crippen molar-refractivity contribution in [3.63, 3.8) is 0 Å². The third-order valence-corrected chi connectivity index (χ3v) is 5.51. The van der Waals surface area contributed by atoms with Crippen LogP contribution in [0.15, 0.2) is 35.5 Å². The first-order valence-electron chi connectivity index (χ1n) is 7.68. The van der Waals surface area contributed by atoms with Gasteiger partial charge in [0.15, 0.2) is 5.82 Å². The topological polar surface area (TPSA) is 97.0 Å². The predicted octanol–water partition coefficient (Wildman–Crippen LogP) is 1.57. The summed E-state index contributed by atoms with van der Waals surface area (Å²) in [6.07, 6.45) is 3.39. The van der Waals surface area contributed by atoms with Crippen LogP contribution >= 0.6 is 0 Å². The molecule has 1 aliphatic rings. The van der Waals surface area contributed by atoms with Gasteiger partial charge >= 0.3 is 0 Å². The Morgan fingerprint density at radius 1 is 1.35 bits per heavy atom. The van der Waals surface area contributed by atoms with Gasteiger partial charge < -0.3 is 4.74 Å². The summed E-state index contributed by atoms with van der Waals surface area (Å²) in [5, 5.41) is 6.60. The van der Waals surface area contributed by atoms with Crippen LogP contribution < -0.4 is 4.72 Å². The van der Waals surface area contributed by atoms with Crippen LogP contribution in [-0.2, 0) is 21.2 Å². The Morgan fingerprint density at radius 3 is 2.91 bits per heavy atom. The van der Waals surface area contributed by atoms with Crippen molar-refractivity contribution in [1.29, 1.82) is 0 Å². The summed E-state index contributed by atoms with van der Waals surface area (Å²) < 4.78 is 33.5. The summed E-state index contributed by atoms with van der Waals surface area (Å²) >= 11 is 0. The van der Waals surface area contributed by atoms with Gasteiger partial charge in [-0.3, -0.25) is 5.10 Å². The molecule has 0 radical (unpaired) electrons. The summed E-state index contributed by atoms with van der Waals surface area (Å²) in [6, 6.07) is 7.05. The largest absolute Gasteiger partial charge is 0.366 e. The number of sulfonamides is 1. The molecule has 7 nitrogen and oxygen atoms in total. The zero-order chi connectivity index (χ0) is 16.3. The summed E-state index contributed by atoms with van der Waals surface area (Å²) in [5.74, 6) is 0.687. The number of aromatic amines is 1. The van der Waals surface area contributed by atoms with Gasteiger partial charge in [-0.15, -0.1) is 0 Å². The third kappa shape index (κ3) is 3.60. The number of nitrogens with zero attached hydrogens (tertiary/aromatic N) is 2. The lowest BCUT2D eigenvalue weighted by molar-refractivity contribution is 0.0430. The molecule has 1 aliphatic heterocycles. The number of nitrogens with one attached hydrogen (secondary N) is 2. The van der Waals surface area contributed by atoms with Crippen LogP contribution in [0.5, 0.6) is 0 Å². The quantitative estimate of drug-likeness (QED) is 0.834. The number of ether oxygens (including phenoxy) is 1. The minimum Gasteiger partial charge on any atom is -0.366 e. The van der Waals surface area contributed by atoms with Crippen molar-refractivity contribution in [3.8, 4) is 0 Å². The number of aryl methyl sites for hydroxylation is 1. The van der Waals surface area contributed by atoms with Crippen molar-refractivity contribution in [3.05, 3.63) is 42.0 Å². The van der Waals surface area contributed by atoms with Crippen LogP contribution in [0.2, 0.25) is 0 Å². The molecule has 3 rings (SSSR count). The predicted molar refractivity (Wildman–Crippen MR) is 84.2 cm³/mol. The number of hydrogen-bond donors (Lipinski definition) is 2. The van der Waals surface area contributed by atoms with Gasteiger partial charge in [-0.1, -0.05) is 25.1 Å². The molecular weight excluding hydrogens is 316 g/mol. The maximum absolute atomic E-state index is 12.5. The molecule has 0 aliphatic carbocycles. The monoisotopic (exact) mass is 336 g/mol. The van der Waals surface area contributed by atoms with Crippen LogP contribution in [0.25, 0.3) is 0 Å². The minimum absolute atomic E-state index is 0.144. The number of H-pyrrole nitrogens is 1. The van der Waals surface area contributed by atoms with Crippen LogP contribution in [0.1, 0.15) is 37.3 Å². The van der Waals surface area contributed by atoms with Crippen LogP contribution in [0.3, 0.4) is 0 Å². The molecule has 0 amide bonds. The van der Waals surface area contributed by atoms with E-state index in [4.69, 9.17) is 4.74 Å². The summed E-state index contributed by atoms with van der Waals surface area (Å²) in [4.78, 5) is 4.42. The van der Waals surface area contributed by atoms with E-state index in [1.54, 1.807) is 12.1 Å². The fourth-order valence-corrected chi connectivity index (χ4v) is 4.14. The fraction of sp³-hybridized carbons (Fsp3) is 0.467. The summed E-state index contributed by atoms with van der Waals surface area (Å²) in [7, 11) is -3.53. The van der Waals surface area contributed by atoms with E-state index in [1.165, 1.54) is 6.33 Å². The lowest BCUT2D eigenvalue weighted by Crippen LogP contribution is -2.32. The molecule has 1 aromatic heterocycles. The summed E-state index contributed by atoms with van der Waals surface area (Å²) in [6.45, 7) is 2.20. The highest BCUT2D eigenvalue weighted by atomic mass is 32.2. The van der Waals surface area contributed by atoms with Crippen molar-refractivity contribution in [1.82, 2.24) is 19.9 Å². The second kappa shape index (κ2) is 6.77. The minimum atomic E-state index is -3.53. The smallest absolute Gasteiger partial charge is 0.240 e. The van der Waals surface area contributed by atoms with Gasteiger partial charge in [0.1, 0.15) is 12.4 Å². The van der Waals surface area contributed by atoms with Gasteiger partial charge in [0.2, 0.25) is 10.0 Å². The zero-order valence-electron chi connectivity index (χ0n) is 12.9. The molecule has 124 valence electrons. The van der Waals surface area contributed by atoms with Gasteiger partial charge in [-0.2, -0.15) is 5.10 Å². The standard InChI is InChI=1S/C15H20N4O3S/c1-2-11-5-3-4-6-14(11)23(20,21)18-9-12-7-8-13(22-12)15-16-10-17-19-15/h3-6,10,12-13,18H,2,7-9H2,1H3,(H,16,17,19)/t12-,13+/m1/s1. The lowest BCUT2D eigenvalue weighted by atomic mass is 10.2. The molecule has 2 atom stereocenters. The molecule has 0 unspecified atom stereocenters. The average Bonchev–Trinajstić information content (AvgIpc) is 3.24. The van der Waals surface area contributed by atoms with Crippen LogP contribution in [0, 0.1) is 0 Å². The SMILES string of the molecule is CCc1ccccc1S(=O)(=O)NC[C@H]1CC[C@@H](c2ncn[nH]2)O1. The van der Waals surface area contributed by atoms with E-state index in [0.717, 1.165) is 18.4 Å². The summed E-state index contributed by atoms with van der Waals surface area (Å²) in [5.41, 5.74) is 0.812. The first-order chi connectivity index (χ1) is 11.1. The molecule has 0 spiro atoms. The molecule has 2 N–H and O–H groups in total. The molecule has 1 aromatic carbocycles. The van der Waals surface area contributed by atoms with Crippen molar-refractivity contribution in [2.75, 3.05) is 6.54 Å². The second-order valence-electron chi connectivity index (χ2n) is 5.51. The van der Waals surface area contributed by atoms with Crippen molar-refractivity contribution in [2.45, 2.75) is 43.3 Å². The zero-order valence-corrected chi connectivity index (χ0v) is 13.7. The highest BCUT2D eigenvalue weighted by Gasteiger charge is 2.29. The van der Waals surface area contributed by atoms with Gasteiger partial charge in [0.05, 0.1) is 11.0 Å². The Kier molecular flexibility index (Phi) is 4.74.